The van der Waals surface area contributed by atoms with Crippen molar-refractivity contribution in [2.45, 2.75) is 20.3 Å². The normalized spacial score (nSPS) is 10.8. The molecule has 0 atom stereocenters. The van der Waals surface area contributed by atoms with Crippen molar-refractivity contribution >= 4 is 28.9 Å². The fourth-order valence-electron chi connectivity index (χ4n) is 2.18. The number of rotatable bonds is 5. The number of nitrogens with one attached hydrogen (secondary N) is 2. The minimum atomic E-state index is -0.478. The summed E-state index contributed by atoms with van der Waals surface area (Å²) in [5, 5.41) is 15.2. The lowest BCUT2D eigenvalue weighted by Crippen LogP contribution is -2.16. The second kappa shape index (κ2) is 8.14. The summed E-state index contributed by atoms with van der Waals surface area (Å²) in [6, 6.07) is 11.1. The van der Waals surface area contributed by atoms with E-state index in [2.05, 4.69) is 15.6 Å². The number of nitrogens with zero attached hydrogens (tertiary/aromatic N) is 2. The molecule has 0 fully saturated rings. The van der Waals surface area contributed by atoms with Gasteiger partial charge in [0.05, 0.1) is 5.69 Å². The van der Waals surface area contributed by atoms with Crippen molar-refractivity contribution in [1.82, 2.24) is 4.98 Å². The molecule has 2 rings (SSSR count). The first-order valence-electron chi connectivity index (χ1n) is 7.44. The fraction of sp³-hybridized carbons (Fsp3) is 0.167. The number of pyridine rings is 1. The third kappa shape index (κ3) is 4.12. The van der Waals surface area contributed by atoms with Gasteiger partial charge in [-0.3, -0.25) is 4.79 Å². The summed E-state index contributed by atoms with van der Waals surface area (Å²) in [4.78, 5) is 16.3. The van der Waals surface area contributed by atoms with Gasteiger partial charge in [0.25, 0.3) is 5.91 Å². The van der Waals surface area contributed by atoms with Gasteiger partial charge in [-0.2, -0.15) is 5.26 Å². The van der Waals surface area contributed by atoms with Crippen LogP contribution in [0, 0.1) is 18.3 Å². The third-order valence-corrected chi connectivity index (χ3v) is 3.78. The van der Waals surface area contributed by atoms with Gasteiger partial charge in [0.2, 0.25) is 0 Å². The second-order valence-corrected chi connectivity index (χ2v) is 5.43. The van der Waals surface area contributed by atoms with E-state index >= 15 is 0 Å². The van der Waals surface area contributed by atoms with Crippen LogP contribution < -0.4 is 10.6 Å². The van der Waals surface area contributed by atoms with Crippen LogP contribution in [0.15, 0.2) is 48.3 Å². The maximum absolute atomic E-state index is 12.4. The highest BCUT2D eigenvalue weighted by Crippen LogP contribution is 2.22. The van der Waals surface area contributed by atoms with Gasteiger partial charge in [-0.1, -0.05) is 36.7 Å². The Hall–Kier alpha value is -2.84. The van der Waals surface area contributed by atoms with Gasteiger partial charge in [0, 0.05) is 18.1 Å². The molecule has 6 heteroatoms. The molecule has 5 nitrogen and oxygen atoms in total. The van der Waals surface area contributed by atoms with Crippen molar-refractivity contribution in [3.8, 4) is 6.07 Å². The number of carbonyl (C=O) groups is 1. The Balaban J connectivity index is 2.20. The van der Waals surface area contributed by atoms with Gasteiger partial charge < -0.3 is 10.6 Å². The highest BCUT2D eigenvalue weighted by molar-refractivity contribution is 6.32. The van der Waals surface area contributed by atoms with Gasteiger partial charge in [-0.15, -0.1) is 0 Å². The third-order valence-electron chi connectivity index (χ3n) is 3.47. The number of hydrogen-bond acceptors (Lipinski definition) is 4. The average molecular weight is 341 g/mol. The Morgan fingerprint density at radius 3 is 2.83 bits per heavy atom. The Kier molecular flexibility index (Phi) is 5.94. The number of anilines is 2. The Morgan fingerprint density at radius 1 is 1.38 bits per heavy atom. The van der Waals surface area contributed by atoms with Crippen LogP contribution >= 0.6 is 11.6 Å². The summed E-state index contributed by atoms with van der Waals surface area (Å²) in [5.74, 6) is -0.478. The molecular weight excluding hydrogens is 324 g/mol. The number of carbonyl (C=O) groups excluding carboxylic acids is 1. The fourth-order valence-corrected chi connectivity index (χ4v) is 2.35. The van der Waals surface area contributed by atoms with Crippen LogP contribution in [0.4, 0.5) is 11.4 Å². The summed E-state index contributed by atoms with van der Waals surface area (Å²) in [6.07, 6.45) is 3.66. The maximum atomic E-state index is 12.4. The molecule has 0 aliphatic heterocycles. The molecule has 0 spiro atoms. The van der Waals surface area contributed by atoms with Gasteiger partial charge in [-0.05, 0) is 36.6 Å². The Bertz CT molecular complexity index is 824. The molecule has 0 bridgehead atoms. The van der Waals surface area contributed by atoms with Crippen molar-refractivity contribution in [2.75, 3.05) is 10.6 Å². The molecule has 0 aliphatic carbocycles. The van der Waals surface area contributed by atoms with Crippen LogP contribution in [-0.2, 0) is 11.2 Å². The van der Waals surface area contributed by atoms with Gasteiger partial charge in [-0.25, -0.2) is 4.98 Å². The number of halogens is 1. The van der Waals surface area contributed by atoms with Crippen LogP contribution in [0.1, 0.15) is 18.1 Å². The Morgan fingerprint density at radius 2 is 2.17 bits per heavy atom. The maximum Gasteiger partial charge on any atom is 0.267 e. The van der Waals surface area contributed by atoms with E-state index in [1.807, 2.05) is 38.1 Å². The van der Waals surface area contributed by atoms with Crippen LogP contribution in [0.25, 0.3) is 0 Å². The molecule has 0 saturated carbocycles. The van der Waals surface area contributed by atoms with E-state index in [0.29, 0.717) is 5.69 Å². The molecule has 1 heterocycles. The minimum Gasteiger partial charge on any atom is -0.358 e. The van der Waals surface area contributed by atoms with Crippen molar-refractivity contribution in [3.05, 3.63) is 64.6 Å². The van der Waals surface area contributed by atoms with Gasteiger partial charge in [0.1, 0.15) is 11.6 Å². The number of nitriles is 1. The standard InChI is InChI=1S/C18H17ClN4O/c1-3-13-7-4-6-12(2)16(13)23-18(24)14(10-20)11-22-15-8-5-9-21-17(15)19/h4-9,11,22H,3H2,1-2H3,(H,23,24)/b14-11-. The van der Waals surface area contributed by atoms with Crippen molar-refractivity contribution in [3.63, 3.8) is 0 Å². The molecule has 2 aromatic rings. The minimum absolute atomic E-state index is 0.0553. The zero-order valence-electron chi connectivity index (χ0n) is 13.4. The molecule has 122 valence electrons. The van der Waals surface area contributed by atoms with Crippen LogP contribution in [0.5, 0.6) is 0 Å². The van der Waals surface area contributed by atoms with E-state index in [-0.39, 0.29) is 10.7 Å². The monoisotopic (exact) mass is 340 g/mol. The lowest BCUT2D eigenvalue weighted by atomic mass is 10.1. The molecule has 1 amide bonds. The van der Waals surface area contributed by atoms with Crippen molar-refractivity contribution in [2.24, 2.45) is 0 Å². The van der Waals surface area contributed by atoms with E-state index in [4.69, 9.17) is 11.6 Å². The first-order valence-corrected chi connectivity index (χ1v) is 7.81. The highest BCUT2D eigenvalue weighted by Gasteiger charge is 2.13. The predicted octanol–water partition coefficient (Wildman–Crippen LogP) is 4.06. The molecule has 0 radical (unpaired) electrons. The lowest BCUT2D eigenvalue weighted by Gasteiger charge is -2.12. The Labute approximate surface area is 146 Å². The van der Waals surface area contributed by atoms with E-state index < -0.39 is 5.91 Å². The molecule has 0 saturated heterocycles. The lowest BCUT2D eigenvalue weighted by molar-refractivity contribution is -0.112. The summed E-state index contributed by atoms with van der Waals surface area (Å²) in [6.45, 7) is 3.93. The van der Waals surface area contributed by atoms with E-state index in [0.717, 1.165) is 23.2 Å². The predicted molar refractivity (Wildman–Crippen MR) is 95.8 cm³/mol. The molecule has 2 N–H and O–H groups in total. The van der Waals surface area contributed by atoms with Crippen LogP contribution in [0.2, 0.25) is 5.15 Å². The molecule has 0 unspecified atom stereocenters. The van der Waals surface area contributed by atoms with Gasteiger partial charge >= 0.3 is 0 Å². The highest BCUT2D eigenvalue weighted by atomic mass is 35.5. The first kappa shape index (κ1) is 17.5. The summed E-state index contributed by atoms with van der Waals surface area (Å²) in [5.41, 5.74) is 3.17. The quantitative estimate of drug-likeness (QED) is 0.488. The number of para-hydroxylation sites is 1. The van der Waals surface area contributed by atoms with Crippen molar-refractivity contribution in [1.29, 1.82) is 5.26 Å². The van der Waals surface area contributed by atoms with Gasteiger partial charge in [0.15, 0.2) is 5.15 Å². The number of benzene rings is 1. The van der Waals surface area contributed by atoms with Crippen LogP contribution in [-0.4, -0.2) is 10.9 Å². The number of aryl methyl sites for hydroxylation is 2. The first-order chi connectivity index (χ1) is 11.6. The van der Waals surface area contributed by atoms with E-state index in [1.165, 1.54) is 6.20 Å². The number of aromatic nitrogens is 1. The van der Waals surface area contributed by atoms with Crippen LogP contribution in [0.3, 0.4) is 0 Å². The summed E-state index contributed by atoms with van der Waals surface area (Å²) in [7, 11) is 0. The molecule has 24 heavy (non-hydrogen) atoms. The SMILES string of the molecule is CCc1cccc(C)c1NC(=O)/C(C#N)=C\Nc1cccnc1Cl. The molecule has 1 aromatic carbocycles. The number of hydrogen-bond donors (Lipinski definition) is 2. The average Bonchev–Trinajstić information content (AvgIpc) is 2.58. The smallest absolute Gasteiger partial charge is 0.267 e. The second-order valence-electron chi connectivity index (χ2n) is 5.07. The van der Waals surface area contributed by atoms with E-state index in [1.54, 1.807) is 18.3 Å². The summed E-state index contributed by atoms with van der Waals surface area (Å²) >= 11 is 5.93. The molecular formula is C18H17ClN4O. The molecule has 0 aliphatic rings. The van der Waals surface area contributed by atoms with E-state index in [9.17, 15) is 10.1 Å². The summed E-state index contributed by atoms with van der Waals surface area (Å²) < 4.78 is 0. The molecule has 1 aromatic heterocycles. The zero-order chi connectivity index (χ0) is 17.5. The number of amides is 1. The zero-order valence-corrected chi connectivity index (χ0v) is 14.2. The topological polar surface area (TPSA) is 77.8 Å². The van der Waals surface area contributed by atoms with Crippen molar-refractivity contribution < 1.29 is 4.79 Å². The largest absolute Gasteiger partial charge is 0.358 e.